The molecule has 0 aromatic carbocycles. The van der Waals surface area contributed by atoms with Gasteiger partial charge in [-0.05, 0) is 6.26 Å². The van der Waals surface area contributed by atoms with Crippen LogP contribution in [0.4, 0.5) is 5.13 Å². The molecule has 0 aliphatic carbocycles. The second kappa shape index (κ2) is 5.49. The monoisotopic (exact) mass is 249 g/mol. The van der Waals surface area contributed by atoms with E-state index in [1.54, 1.807) is 11.0 Å². The second-order valence-electron chi connectivity index (χ2n) is 1.63. The molecule has 1 N–H and O–H groups in total. The summed E-state index contributed by atoms with van der Waals surface area (Å²) in [4.78, 5) is 0. The summed E-state index contributed by atoms with van der Waals surface area (Å²) in [5.41, 5.74) is 0. The van der Waals surface area contributed by atoms with Crippen LogP contribution < -0.4 is 34.3 Å². The van der Waals surface area contributed by atoms with Gasteiger partial charge in [-0.25, -0.2) is 8.42 Å². The van der Waals surface area contributed by atoms with Gasteiger partial charge in [0, 0.05) is 0 Å². The van der Waals surface area contributed by atoms with Crippen LogP contribution in [0.25, 0.3) is 0 Å². The molecule has 1 rings (SSSR count). The normalized spacial score (nSPS) is 10.6. The van der Waals surface area contributed by atoms with Crippen molar-refractivity contribution in [2.75, 3.05) is 11.0 Å². The van der Waals surface area contributed by atoms with Crippen molar-refractivity contribution < 1.29 is 42.5 Å². The molecular weight excluding hydrogens is 245 g/mol. The Bertz CT molecular complexity index is 363. The molecule has 0 saturated heterocycles. The average Bonchev–Trinajstić information content (AvgIpc) is 2.32. The van der Waals surface area contributed by atoms with Gasteiger partial charge in [0.15, 0.2) is 14.6 Å². The van der Waals surface area contributed by atoms with Crippen LogP contribution in [0.15, 0.2) is 4.34 Å². The average molecular weight is 249 g/mol. The van der Waals surface area contributed by atoms with Crippen molar-refractivity contribution in [2.24, 2.45) is 0 Å². The van der Waals surface area contributed by atoms with Crippen LogP contribution in [0.5, 0.6) is 0 Å². The van der Waals surface area contributed by atoms with E-state index in [0.29, 0.717) is 4.34 Å². The molecule has 0 amide bonds. The van der Waals surface area contributed by atoms with E-state index in [0.717, 1.165) is 11.3 Å². The van der Waals surface area contributed by atoms with Gasteiger partial charge in [0.25, 0.3) is 0 Å². The third kappa shape index (κ3) is 5.15. The van der Waals surface area contributed by atoms with Crippen molar-refractivity contribution in [3.05, 3.63) is 0 Å². The second-order valence-corrected chi connectivity index (χ2v) is 4.78. The Kier molecular flexibility index (Phi) is 5.75. The summed E-state index contributed by atoms with van der Waals surface area (Å²) >= 11 is 2.33. The Hall–Kier alpha value is 0.620. The molecule has 6 nitrogen and oxygen atoms in total. The van der Waals surface area contributed by atoms with Gasteiger partial charge in [-0.3, -0.25) is 4.72 Å². The molecule has 0 spiro atoms. The number of hydrogen-bond donors (Lipinski definition) is 1. The van der Waals surface area contributed by atoms with Crippen molar-refractivity contribution in [1.82, 2.24) is 10.2 Å². The summed E-state index contributed by atoms with van der Waals surface area (Å²) in [5.74, 6) is 0. The predicted octanol–water partition coefficient (Wildman–Crippen LogP) is -2.86. The number of aromatic nitrogens is 2. The van der Waals surface area contributed by atoms with E-state index in [1.807, 2.05) is 0 Å². The molecule has 0 aliphatic heterocycles. The van der Waals surface area contributed by atoms with Gasteiger partial charge in [0.05, 0.1) is 0 Å². The Morgan fingerprint density at radius 2 is 2.15 bits per heavy atom. The molecule has 0 saturated carbocycles. The summed E-state index contributed by atoms with van der Waals surface area (Å²) in [7, 11) is -4.47. The zero-order valence-corrected chi connectivity index (χ0v) is 11.3. The number of thioether (sulfide) groups is 1. The smallest absolute Gasteiger partial charge is 0.731 e. The van der Waals surface area contributed by atoms with Crippen LogP contribution in [0, 0.1) is 0 Å². The Labute approximate surface area is 106 Å². The number of hydrogen-bond acceptors (Lipinski definition) is 7. The SMILES string of the molecule is CSc1nnc(NS(=O)(=O)[O-])s1.[Na+]. The quantitative estimate of drug-likeness (QED) is 0.352. The minimum Gasteiger partial charge on any atom is -0.731 e. The molecule has 1 heterocycles. The van der Waals surface area contributed by atoms with Crippen molar-refractivity contribution >= 4 is 38.5 Å². The van der Waals surface area contributed by atoms with Gasteiger partial charge in [-0.1, -0.05) is 23.1 Å². The first-order valence-corrected chi connectivity index (χ1v) is 6.07. The van der Waals surface area contributed by atoms with Crippen molar-refractivity contribution in [3.8, 4) is 0 Å². The fourth-order valence-electron chi connectivity index (χ4n) is 0.440. The van der Waals surface area contributed by atoms with Crippen LogP contribution in [0.1, 0.15) is 0 Å². The topological polar surface area (TPSA) is 95.0 Å². The number of nitrogens with one attached hydrogen (secondary N) is 1. The summed E-state index contributed by atoms with van der Waals surface area (Å²) < 4.78 is 32.8. The minimum absolute atomic E-state index is 0. The number of anilines is 1. The molecule has 0 unspecified atom stereocenters. The first kappa shape index (κ1) is 13.6. The zero-order chi connectivity index (χ0) is 9.19. The number of rotatable bonds is 3. The molecule has 0 radical (unpaired) electrons. The largest absolute Gasteiger partial charge is 1.00 e. The van der Waals surface area contributed by atoms with Crippen LogP contribution in [-0.2, 0) is 10.3 Å². The van der Waals surface area contributed by atoms with E-state index in [1.165, 1.54) is 11.8 Å². The van der Waals surface area contributed by atoms with E-state index < -0.39 is 10.3 Å². The Morgan fingerprint density at radius 3 is 2.54 bits per heavy atom. The van der Waals surface area contributed by atoms with Crippen LogP contribution in [-0.4, -0.2) is 29.4 Å². The standard InChI is InChI=1S/C3H5N3O3S3.Na/c1-10-3-5-4-2(11-3)6-12(7,8)9;/h1H3,(H,4,6)(H,7,8,9);/q;+1/p-1. The molecule has 0 aliphatic rings. The fraction of sp³-hybridized carbons (Fsp3) is 0.333. The van der Waals surface area contributed by atoms with Crippen molar-refractivity contribution in [1.29, 1.82) is 0 Å². The van der Waals surface area contributed by atoms with Crippen LogP contribution >= 0.6 is 23.1 Å². The summed E-state index contributed by atoms with van der Waals surface area (Å²) in [5, 5.41) is 7.01. The molecule has 13 heavy (non-hydrogen) atoms. The first-order valence-electron chi connectivity index (χ1n) is 2.62. The Morgan fingerprint density at radius 1 is 1.54 bits per heavy atom. The molecule has 0 atom stereocenters. The van der Waals surface area contributed by atoms with E-state index in [2.05, 4.69) is 10.2 Å². The summed E-state index contributed by atoms with van der Waals surface area (Å²) in [6.45, 7) is 0. The van der Waals surface area contributed by atoms with E-state index >= 15 is 0 Å². The van der Waals surface area contributed by atoms with Gasteiger partial charge in [0.1, 0.15) is 0 Å². The minimum atomic E-state index is -4.47. The van der Waals surface area contributed by atoms with Gasteiger partial charge < -0.3 is 4.55 Å². The molecule has 1 aromatic rings. The van der Waals surface area contributed by atoms with Gasteiger partial charge in [-0.15, -0.1) is 10.2 Å². The molecule has 1 aromatic heterocycles. The number of nitrogens with zero attached hydrogens (tertiary/aromatic N) is 2. The van der Waals surface area contributed by atoms with Crippen LogP contribution in [0.2, 0.25) is 0 Å². The van der Waals surface area contributed by atoms with E-state index in [9.17, 15) is 13.0 Å². The predicted molar refractivity (Wildman–Crippen MR) is 45.0 cm³/mol. The van der Waals surface area contributed by atoms with Crippen molar-refractivity contribution in [2.45, 2.75) is 4.34 Å². The maximum Gasteiger partial charge on any atom is 1.00 e. The van der Waals surface area contributed by atoms with Crippen molar-refractivity contribution in [3.63, 3.8) is 0 Å². The molecule has 10 heteroatoms. The van der Waals surface area contributed by atoms with Crippen LogP contribution in [0.3, 0.4) is 0 Å². The third-order valence-electron chi connectivity index (χ3n) is 0.793. The summed E-state index contributed by atoms with van der Waals surface area (Å²) in [6.07, 6.45) is 1.77. The third-order valence-corrected chi connectivity index (χ3v) is 3.18. The fourth-order valence-corrected chi connectivity index (χ4v) is 2.19. The molecular formula is C3H4N3NaO3S3. The molecule has 68 valence electrons. The zero-order valence-electron chi connectivity index (χ0n) is 6.84. The van der Waals surface area contributed by atoms with E-state index in [-0.39, 0.29) is 34.7 Å². The van der Waals surface area contributed by atoms with Gasteiger partial charge in [-0.2, -0.15) is 0 Å². The van der Waals surface area contributed by atoms with Gasteiger partial charge >= 0.3 is 29.6 Å². The van der Waals surface area contributed by atoms with E-state index in [4.69, 9.17) is 0 Å². The summed E-state index contributed by atoms with van der Waals surface area (Å²) in [6, 6.07) is 0. The molecule has 0 bridgehead atoms. The maximum atomic E-state index is 10.2. The first-order chi connectivity index (χ1) is 5.51. The maximum absolute atomic E-state index is 10.2. The van der Waals surface area contributed by atoms with Gasteiger partial charge in [0.2, 0.25) is 5.13 Å². The molecule has 0 fully saturated rings. The Balaban J connectivity index is 0.00000144.